The third-order valence-electron chi connectivity index (χ3n) is 12.2. The Hall–Kier alpha value is -4.13. The van der Waals surface area contributed by atoms with Crippen molar-refractivity contribution in [3.05, 3.63) is 96.1 Å². The van der Waals surface area contributed by atoms with E-state index in [-0.39, 0.29) is 68.8 Å². The van der Waals surface area contributed by atoms with Crippen molar-refractivity contribution in [2.45, 2.75) is 94.8 Å². The van der Waals surface area contributed by atoms with E-state index in [1.54, 1.807) is 29.2 Å². The number of phenols is 1. The molecule has 1 unspecified atom stereocenters. The fourth-order valence-corrected chi connectivity index (χ4v) is 9.78. The highest BCUT2D eigenvalue weighted by atomic mass is 35.5. The van der Waals surface area contributed by atoms with E-state index in [4.69, 9.17) is 40.5 Å². The summed E-state index contributed by atoms with van der Waals surface area (Å²) < 4.78 is 26.2. The highest BCUT2D eigenvalue weighted by molar-refractivity contribution is 6.18. The predicted octanol–water partition coefficient (Wildman–Crippen LogP) is 8.58. The number of fused-ring (bicyclic) bond motifs is 3. The molecule has 7 rings (SSSR count). The molecule has 2 fully saturated rings. The maximum atomic E-state index is 14.6. The third kappa shape index (κ3) is 8.89. The number of hydrogen-bond acceptors (Lipinski definition) is 10. The van der Waals surface area contributed by atoms with Crippen LogP contribution in [0.2, 0.25) is 0 Å². The molecule has 1 amide bonds. The molecule has 3 aromatic rings. The Balaban J connectivity index is 1.45. The number of halogens is 1. The molecule has 7 atom stereocenters. The van der Waals surface area contributed by atoms with Crippen molar-refractivity contribution < 1.29 is 43.9 Å². The van der Waals surface area contributed by atoms with Gasteiger partial charge in [-0.1, -0.05) is 72.6 Å². The molecule has 1 saturated heterocycles. The van der Waals surface area contributed by atoms with Crippen molar-refractivity contribution >= 4 is 34.2 Å². The number of hydrogen-bond donors (Lipinski definition) is 3. The molecule has 4 aliphatic rings. The summed E-state index contributed by atoms with van der Waals surface area (Å²) in [4.78, 5) is 22.6. The van der Waals surface area contributed by atoms with Gasteiger partial charge in [-0.3, -0.25) is 4.90 Å². The van der Waals surface area contributed by atoms with E-state index in [1.807, 2.05) is 36.4 Å². The van der Waals surface area contributed by atoms with Crippen molar-refractivity contribution in [2.75, 3.05) is 38.9 Å². The molecule has 0 spiro atoms. The lowest BCUT2D eigenvalue weighted by Gasteiger charge is -2.59. The van der Waals surface area contributed by atoms with E-state index in [1.165, 1.54) is 0 Å². The summed E-state index contributed by atoms with van der Waals surface area (Å²) in [5, 5.41) is 37.7. The number of benzene rings is 3. The monoisotopic (exact) mass is 816 g/mol. The van der Waals surface area contributed by atoms with Gasteiger partial charge in [0.1, 0.15) is 24.1 Å². The number of ether oxygens (including phenoxy) is 4. The summed E-state index contributed by atoms with van der Waals surface area (Å²) in [5.74, 6) is -1.41. The average molecular weight is 817 g/mol. The molecular formula is C46H57ClN2O9. The third-order valence-corrected chi connectivity index (χ3v) is 12.4. The van der Waals surface area contributed by atoms with Crippen molar-refractivity contribution in [2.24, 2.45) is 22.9 Å². The SMILES string of the molecule is C=CCO[C@@]12Oc3ccc(O)cc3[C@H]3[C@H](CCCCO)[C@@H](CCCCO)C=C(C(=NOC4CCCCO4)C[C@@H]1N(Cc1cccc4ccccc14)C(=O)OCCCl)[C@H]32. The van der Waals surface area contributed by atoms with Crippen LogP contribution in [0.4, 0.5) is 4.79 Å². The van der Waals surface area contributed by atoms with E-state index >= 15 is 0 Å². The molecule has 0 bridgehead atoms. The molecule has 58 heavy (non-hydrogen) atoms. The second-order valence-corrected chi connectivity index (χ2v) is 16.1. The first-order valence-corrected chi connectivity index (χ1v) is 21.5. The van der Waals surface area contributed by atoms with Gasteiger partial charge in [0, 0.05) is 37.5 Å². The van der Waals surface area contributed by atoms with Gasteiger partial charge in [0.2, 0.25) is 12.1 Å². The summed E-state index contributed by atoms with van der Waals surface area (Å²) in [6, 6.07) is 18.5. The number of rotatable bonds is 18. The molecule has 11 nitrogen and oxygen atoms in total. The Morgan fingerprint density at radius 3 is 2.62 bits per heavy atom. The van der Waals surface area contributed by atoms with Crippen LogP contribution in [0, 0.1) is 17.8 Å². The summed E-state index contributed by atoms with van der Waals surface area (Å²) >= 11 is 6.12. The maximum Gasteiger partial charge on any atom is 0.410 e. The lowest BCUT2D eigenvalue weighted by atomic mass is 9.55. The number of nitrogens with zero attached hydrogens (tertiary/aromatic N) is 2. The van der Waals surface area contributed by atoms with Gasteiger partial charge in [0.05, 0.1) is 37.3 Å². The Morgan fingerprint density at radius 2 is 1.84 bits per heavy atom. The topological polar surface area (TPSA) is 140 Å². The molecule has 3 N–H and O–H groups in total. The number of phenolic OH excluding ortho intramolecular Hbond substituents is 1. The van der Waals surface area contributed by atoms with Gasteiger partial charge >= 0.3 is 6.09 Å². The van der Waals surface area contributed by atoms with Crippen LogP contribution >= 0.6 is 11.6 Å². The highest BCUT2D eigenvalue weighted by Gasteiger charge is 2.65. The number of carbonyl (C=O) groups is 1. The van der Waals surface area contributed by atoms with Gasteiger partial charge in [-0.25, -0.2) is 4.79 Å². The maximum absolute atomic E-state index is 14.6. The number of alkyl halides is 1. The first-order valence-electron chi connectivity index (χ1n) is 20.9. The second-order valence-electron chi connectivity index (χ2n) is 15.8. The quantitative estimate of drug-likeness (QED) is 0.0499. The van der Waals surface area contributed by atoms with Gasteiger partial charge in [0.15, 0.2) is 0 Å². The van der Waals surface area contributed by atoms with Crippen LogP contribution in [-0.4, -0.2) is 89.1 Å². The fraction of sp³-hybridized carbons (Fsp3) is 0.522. The van der Waals surface area contributed by atoms with E-state index in [9.17, 15) is 20.1 Å². The second kappa shape index (κ2) is 19.7. The van der Waals surface area contributed by atoms with Crippen molar-refractivity contribution in [3.8, 4) is 11.5 Å². The molecular weight excluding hydrogens is 760 g/mol. The summed E-state index contributed by atoms with van der Waals surface area (Å²) in [6.45, 7) is 5.08. The van der Waals surface area contributed by atoms with Crippen LogP contribution < -0.4 is 4.74 Å². The number of amides is 1. The number of carbonyl (C=O) groups excluding carboxylic acids is 1. The van der Waals surface area contributed by atoms with E-state index < -0.39 is 30.1 Å². The molecule has 2 heterocycles. The Labute approximate surface area is 346 Å². The fourth-order valence-electron chi connectivity index (χ4n) is 9.70. The molecule has 3 aromatic carbocycles. The van der Waals surface area contributed by atoms with Gasteiger partial charge in [-0.15, -0.1) is 18.2 Å². The molecule has 1 saturated carbocycles. The van der Waals surface area contributed by atoms with Crippen LogP contribution in [0.5, 0.6) is 11.5 Å². The number of unbranched alkanes of at least 4 members (excludes halogenated alkanes) is 2. The Kier molecular flexibility index (Phi) is 14.3. The van der Waals surface area contributed by atoms with Crippen LogP contribution in [0.25, 0.3) is 10.8 Å². The largest absolute Gasteiger partial charge is 0.508 e. The van der Waals surface area contributed by atoms with E-state index in [0.29, 0.717) is 37.3 Å². The predicted molar refractivity (Wildman–Crippen MR) is 223 cm³/mol. The molecule has 0 radical (unpaired) electrons. The Bertz CT molecular complexity index is 1930. The zero-order valence-corrected chi connectivity index (χ0v) is 33.9. The number of aliphatic hydroxyl groups is 2. The minimum Gasteiger partial charge on any atom is -0.508 e. The highest BCUT2D eigenvalue weighted by Crippen LogP contribution is 2.62. The molecule has 0 aromatic heterocycles. The van der Waals surface area contributed by atoms with Crippen LogP contribution in [0.15, 0.2) is 90.1 Å². The number of oxime groups is 1. The number of allylic oxidation sites excluding steroid dienone is 1. The average Bonchev–Trinajstić information content (AvgIpc) is 3.25. The normalized spacial score (nSPS) is 26.9. The van der Waals surface area contributed by atoms with Crippen LogP contribution in [0.1, 0.15) is 81.3 Å². The minimum absolute atomic E-state index is 0.00532. The smallest absolute Gasteiger partial charge is 0.410 e. The van der Waals surface area contributed by atoms with Gasteiger partial charge < -0.3 is 39.1 Å². The molecule has 2 aliphatic heterocycles. The summed E-state index contributed by atoms with van der Waals surface area (Å²) in [7, 11) is 0. The van der Waals surface area contributed by atoms with Gasteiger partial charge in [0.25, 0.3) is 0 Å². The zero-order chi connectivity index (χ0) is 40.5. The van der Waals surface area contributed by atoms with Crippen molar-refractivity contribution in [1.82, 2.24) is 4.90 Å². The first-order chi connectivity index (χ1) is 28.4. The standard InChI is InChI=1S/C46H57ClN2O9/c1-2-24-56-46-41(49(45(53)55-26-21-47)30-33-15-11-14-31-12-3-4-16-35(31)33)29-39(48-58-42-18-7-10-25-54-42)37-27-32(13-5-8-22-50)36(17-6-9-23-51)43(44(37)46)38-28-34(52)19-20-40(38)57-46/h2-4,11-12,14-16,19-20,27-28,32,36,41-44,50-52H,1,5-10,13,17-18,21-26,29-30H2/t32-,36+,41-,42?,43+,44+,46+/m0/s1. The van der Waals surface area contributed by atoms with Gasteiger partial charge in [-0.2, -0.15) is 0 Å². The number of aliphatic hydroxyl groups excluding tert-OH is 2. The van der Waals surface area contributed by atoms with Crippen LogP contribution in [-0.2, 0) is 25.6 Å². The summed E-state index contributed by atoms with van der Waals surface area (Å²) in [5.41, 5.74) is 3.32. The number of aromatic hydroxyl groups is 1. The van der Waals surface area contributed by atoms with Crippen LogP contribution in [0.3, 0.4) is 0 Å². The molecule has 312 valence electrons. The molecule has 2 aliphatic carbocycles. The summed E-state index contributed by atoms with van der Waals surface area (Å²) in [6.07, 6.45) is 10.2. The van der Waals surface area contributed by atoms with Crippen molar-refractivity contribution in [1.29, 1.82) is 0 Å². The minimum atomic E-state index is -1.48. The van der Waals surface area contributed by atoms with E-state index in [0.717, 1.165) is 66.0 Å². The van der Waals surface area contributed by atoms with E-state index in [2.05, 4.69) is 18.7 Å². The molecule has 12 heteroatoms. The first kappa shape index (κ1) is 42.0. The van der Waals surface area contributed by atoms with Gasteiger partial charge in [-0.05, 0) is 90.5 Å². The van der Waals surface area contributed by atoms with Crippen molar-refractivity contribution in [3.63, 3.8) is 0 Å². The lowest BCUT2D eigenvalue weighted by molar-refractivity contribution is -0.256. The Morgan fingerprint density at radius 1 is 1.03 bits per heavy atom. The lowest BCUT2D eigenvalue weighted by Crippen LogP contribution is -2.70. The zero-order valence-electron chi connectivity index (χ0n) is 33.2.